The van der Waals surface area contributed by atoms with Crippen molar-refractivity contribution in [1.29, 1.82) is 0 Å². The van der Waals surface area contributed by atoms with Crippen molar-refractivity contribution in [3.8, 4) is 11.3 Å². The Balaban J connectivity index is 1.51. The number of rotatable bonds is 6. The summed E-state index contributed by atoms with van der Waals surface area (Å²) >= 11 is 0. The van der Waals surface area contributed by atoms with Crippen molar-refractivity contribution in [1.82, 2.24) is 24.8 Å². The minimum atomic E-state index is -0.293. The third-order valence-electron chi connectivity index (χ3n) is 5.84. The molecule has 1 aliphatic heterocycles. The molecule has 4 aromatic rings. The average molecular weight is 441 g/mol. The molecule has 1 aromatic carbocycles. The zero-order valence-electron chi connectivity index (χ0n) is 18.2. The molecule has 33 heavy (non-hydrogen) atoms. The second kappa shape index (κ2) is 9.83. The van der Waals surface area contributed by atoms with Gasteiger partial charge in [-0.15, -0.1) is 0 Å². The first-order chi connectivity index (χ1) is 16.2. The Kier molecular flexibility index (Phi) is 6.30. The molecule has 0 radical (unpaired) electrons. The van der Waals surface area contributed by atoms with Gasteiger partial charge in [-0.3, -0.25) is 14.9 Å². The molecule has 0 saturated carbocycles. The Morgan fingerprint density at radius 1 is 0.939 bits per heavy atom. The molecule has 4 heterocycles. The van der Waals surface area contributed by atoms with E-state index in [1.165, 1.54) is 17.7 Å². The molecule has 1 N–H and O–H groups in total. The molecule has 3 aromatic heterocycles. The lowest BCUT2D eigenvalue weighted by Gasteiger charge is -2.35. The molecule has 0 amide bonds. The molecule has 1 unspecified atom stereocenters. The lowest BCUT2D eigenvalue weighted by atomic mass is 10.00. The van der Waals surface area contributed by atoms with Crippen molar-refractivity contribution < 1.29 is 4.39 Å². The summed E-state index contributed by atoms with van der Waals surface area (Å²) < 4.78 is 13.8. The van der Waals surface area contributed by atoms with Gasteiger partial charge in [0.2, 0.25) is 0 Å². The number of pyridine rings is 2. The molecule has 0 aliphatic carbocycles. The number of nitrogens with one attached hydrogen (secondary N) is 1. The van der Waals surface area contributed by atoms with Crippen LogP contribution in [-0.2, 0) is 6.54 Å². The van der Waals surface area contributed by atoms with E-state index in [0.29, 0.717) is 11.5 Å². The highest BCUT2D eigenvalue weighted by atomic mass is 19.1. The van der Waals surface area contributed by atoms with Crippen LogP contribution in [-0.4, -0.2) is 31.4 Å². The van der Waals surface area contributed by atoms with Gasteiger partial charge in [0.25, 0.3) is 0 Å². The zero-order chi connectivity index (χ0) is 22.5. The summed E-state index contributed by atoms with van der Waals surface area (Å²) in [6.45, 7) is 1.78. The van der Waals surface area contributed by atoms with E-state index in [1.807, 2.05) is 36.5 Å². The molecule has 1 atom stereocenters. The third-order valence-corrected chi connectivity index (χ3v) is 5.84. The number of hydrogen-bond acceptors (Lipinski definition) is 6. The molecule has 0 bridgehead atoms. The van der Waals surface area contributed by atoms with Crippen molar-refractivity contribution >= 4 is 11.5 Å². The summed E-state index contributed by atoms with van der Waals surface area (Å²) in [5.41, 5.74) is 3.60. The van der Waals surface area contributed by atoms with Crippen molar-refractivity contribution in [3.63, 3.8) is 0 Å². The smallest absolute Gasteiger partial charge is 0.148 e. The predicted octanol–water partition coefficient (Wildman–Crippen LogP) is 5.54. The molecule has 1 saturated heterocycles. The fourth-order valence-corrected chi connectivity index (χ4v) is 4.26. The lowest BCUT2D eigenvalue weighted by Crippen LogP contribution is -2.34. The van der Waals surface area contributed by atoms with Crippen LogP contribution < -0.4 is 5.32 Å². The normalized spacial score (nSPS) is 16.5. The number of halogens is 1. The topological polar surface area (TPSA) is 66.8 Å². The number of nitrogens with zero attached hydrogens (tertiary/aromatic N) is 5. The van der Waals surface area contributed by atoms with Crippen molar-refractivity contribution in [2.24, 2.45) is 0 Å². The van der Waals surface area contributed by atoms with Gasteiger partial charge in [0.1, 0.15) is 17.5 Å². The molecule has 0 spiro atoms. The molecule has 1 fully saturated rings. The van der Waals surface area contributed by atoms with E-state index in [-0.39, 0.29) is 11.9 Å². The van der Waals surface area contributed by atoms with Crippen LogP contribution in [0.1, 0.15) is 36.7 Å². The molecule has 166 valence electrons. The Bertz CT molecular complexity index is 1200. The van der Waals surface area contributed by atoms with Gasteiger partial charge < -0.3 is 5.32 Å². The van der Waals surface area contributed by atoms with Crippen molar-refractivity contribution in [2.75, 3.05) is 11.9 Å². The molecular formula is C26H25FN6. The second-order valence-corrected chi connectivity index (χ2v) is 8.21. The van der Waals surface area contributed by atoms with Gasteiger partial charge in [-0.2, -0.15) is 0 Å². The molecule has 5 rings (SSSR count). The third kappa shape index (κ3) is 5.21. The molecule has 1 aliphatic rings. The number of piperidine rings is 1. The number of hydrogen-bond donors (Lipinski definition) is 1. The van der Waals surface area contributed by atoms with E-state index in [1.54, 1.807) is 24.7 Å². The monoisotopic (exact) mass is 440 g/mol. The van der Waals surface area contributed by atoms with E-state index in [4.69, 9.17) is 9.97 Å². The maximum atomic E-state index is 13.8. The summed E-state index contributed by atoms with van der Waals surface area (Å²) in [6, 6.07) is 16.3. The standard InChI is InChI=1S/C26H25FN6/c27-21-6-3-7-22(15-21)30-25-16-23(20-9-12-28-13-10-20)31-26(32-25)24-8-1-2-14-33(24)18-19-5-4-11-29-17-19/h3-7,9-13,15-17,24H,1-2,8,14,18H2,(H,30,31,32). The Morgan fingerprint density at radius 2 is 1.85 bits per heavy atom. The first-order valence-electron chi connectivity index (χ1n) is 11.2. The zero-order valence-corrected chi connectivity index (χ0v) is 18.2. The van der Waals surface area contributed by atoms with Gasteiger partial charge in [0.15, 0.2) is 0 Å². The van der Waals surface area contributed by atoms with E-state index in [2.05, 4.69) is 26.3 Å². The summed E-state index contributed by atoms with van der Waals surface area (Å²) in [7, 11) is 0. The van der Waals surface area contributed by atoms with Crippen LogP contribution >= 0.6 is 0 Å². The maximum absolute atomic E-state index is 13.8. The fourth-order valence-electron chi connectivity index (χ4n) is 4.26. The van der Waals surface area contributed by atoms with Gasteiger partial charge in [-0.25, -0.2) is 14.4 Å². The Hall–Kier alpha value is -3.71. The number of likely N-dealkylation sites (tertiary alicyclic amines) is 1. The van der Waals surface area contributed by atoms with Crippen LogP contribution in [0, 0.1) is 5.82 Å². The Labute approximate surface area is 192 Å². The van der Waals surface area contributed by atoms with E-state index < -0.39 is 0 Å². The minimum Gasteiger partial charge on any atom is -0.340 e. The fraction of sp³-hybridized carbons (Fsp3) is 0.231. The molecule has 7 heteroatoms. The van der Waals surface area contributed by atoms with Gasteiger partial charge >= 0.3 is 0 Å². The van der Waals surface area contributed by atoms with Gasteiger partial charge in [-0.1, -0.05) is 18.6 Å². The van der Waals surface area contributed by atoms with E-state index in [9.17, 15) is 4.39 Å². The number of anilines is 2. The summed E-state index contributed by atoms with van der Waals surface area (Å²) in [6.07, 6.45) is 10.5. The quantitative estimate of drug-likeness (QED) is 0.424. The average Bonchev–Trinajstić information content (AvgIpc) is 2.85. The SMILES string of the molecule is Fc1cccc(Nc2cc(-c3ccncc3)nc(C3CCCCN3Cc3cccnc3)n2)c1. The van der Waals surface area contributed by atoms with E-state index in [0.717, 1.165) is 49.4 Å². The summed E-state index contributed by atoms with van der Waals surface area (Å²) in [5.74, 6) is 1.12. The molecular weight excluding hydrogens is 415 g/mol. The van der Waals surface area contributed by atoms with Gasteiger partial charge in [0, 0.05) is 48.6 Å². The van der Waals surface area contributed by atoms with Crippen molar-refractivity contribution in [3.05, 3.63) is 96.6 Å². The Morgan fingerprint density at radius 3 is 2.67 bits per heavy atom. The second-order valence-electron chi connectivity index (χ2n) is 8.21. The summed E-state index contributed by atoms with van der Waals surface area (Å²) in [4.78, 5) is 20.7. The first-order valence-corrected chi connectivity index (χ1v) is 11.2. The summed E-state index contributed by atoms with van der Waals surface area (Å²) in [5, 5.41) is 3.26. The highest BCUT2D eigenvalue weighted by Crippen LogP contribution is 2.33. The van der Waals surface area contributed by atoms with Crippen LogP contribution in [0.25, 0.3) is 11.3 Å². The maximum Gasteiger partial charge on any atom is 0.148 e. The van der Waals surface area contributed by atoms with Gasteiger partial charge in [-0.05, 0) is 61.3 Å². The van der Waals surface area contributed by atoms with Crippen LogP contribution in [0.15, 0.2) is 79.4 Å². The number of benzene rings is 1. The van der Waals surface area contributed by atoms with E-state index >= 15 is 0 Å². The molecule has 6 nitrogen and oxygen atoms in total. The highest BCUT2D eigenvalue weighted by molar-refractivity contribution is 5.65. The minimum absolute atomic E-state index is 0.0915. The largest absolute Gasteiger partial charge is 0.340 e. The predicted molar refractivity (Wildman–Crippen MR) is 126 cm³/mol. The first kappa shape index (κ1) is 21.2. The van der Waals surface area contributed by atoms with Crippen LogP contribution in [0.5, 0.6) is 0 Å². The van der Waals surface area contributed by atoms with Crippen LogP contribution in [0.4, 0.5) is 15.9 Å². The highest BCUT2D eigenvalue weighted by Gasteiger charge is 2.27. The van der Waals surface area contributed by atoms with Crippen LogP contribution in [0.2, 0.25) is 0 Å². The van der Waals surface area contributed by atoms with Crippen molar-refractivity contribution in [2.45, 2.75) is 31.8 Å². The number of aromatic nitrogens is 4. The lowest BCUT2D eigenvalue weighted by molar-refractivity contribution is 0.134. The van der Waals surface area contributed by atoms with Crippen LogP contribution in [0.3, 0.4) is 0 Å². The van der Waals surface area contributed by atoms with Gasteiger partial charge in [0.05, 0.1) is 11.7 Å².